The van der Waals surface area contributed by atoms with Crippen molar-refractivity contribution >= 4 is 39.3 Å². The maximum atomic E-state index is 14.0. The van der Waals surface area contributed by atoms with Crippen LogP contribution >= 0.6 is 15.9 Å². The number of imidazole rings is 1. The molecule has 1 aliphatic heterocycles. The van der Waals surface area contributed by atoms with Crippen molar-refractivity contribution in [1.82, 2.24) is 39.0 Å². The van der Waals surface area contributed by atoms with Crippen LogP contribution in [-0.4, -0.2) is 88.0 Å². The van der Waals surface area contributed by atoms with E-state index >= 15 is 0 Å². The molecule has 1 fully saturated rings. The predicted molar refractivity (Wildman–Crippen MR) is 165 cm³/mol. The fourth-order valence-corrected chi connectivity index (χ4v) is 5.08. The van der Waals surface area contributed by atoms with Crippen LogP contribution in [0.15, 0.2) is 30.9 Å². The molecular weight excluding hydrogens is 675 g/mol. The first kappa shape index (κ1) is 33.4. The topological polar surface area (TPSA) is 134 Å². The van der Waals surface area contributed by atoms with E-state index in [4.69, 9.17) is 14.2 Å². The molecule has 1 N–H and O–H groups in total. The molecule has 0 bridgehead atoms. The first-order chi connectivity index (χ1) is 21.9. The lowest BCUT2D eigenvalue weighted by Crippen LogP contribution is -2.42. The van der Waals surface area contributed by atoms with Crippen LogP contribution in [0.2, 0.25) is 0 Å². The zero-order valence-corrected chi connectivity index (χ0v) is 27.4. The van der Waals surface area contributed by atoms with Gasteiger partial charge in [0.1, 0.15) is 42.2 Å². The number of amides is 1. The van der Waals surface area contributed by atoms with Crippen LogP contribution in [0.3, 0.4) is 0 Å². The molecule has 248 valence electrons. The Kier molecular flexibility index (Phi) is 10.3. The molecule has 0 spiro atoms. The van der Waals surface area contributed by atoms with E-state index in [0.717, 1.165) is 6.42 Å². The summed E-state index contributed by atoms with van der Waals surface area (Å²) in [5.74, 6) is 1.33. The van der Waals surface area contributed by atoms with Gasteiger partial charge in [-0.1, -0.05) is 15.9 Å². The van der Waals surface area contributed by atoms with Crippen LogP contribution < -0.4 is 10.1 Å². The van der Waals surface area contributed by atoms with E-state index < -0.39 is 24.4 Å². The smallest absolute Gasteiger partial charge is 0.410 e. The largest absolute Gasteiger partial charge is 0.487 e. The Hall–Kier alpha value is -3.99. The molecule has 4 aromatic heterocycles. The Balaban J connectivity index is 1.33. The van der Waals surface area contributed by atoms with Crippen LogP contribution in [0.4, 0.5) is 29.6 Å². The van der Waals surface area contributed by atoms with Crippen molar-refractivity contribution in [2.45, 2.75) is 71.5 Å². The van der Waals surface area contributed by atoms with Gasteiger partial charge in [-0.3, -0.25) is 0 Å². The predicted octanol–water partition coefficient (Wildman–Crippen LogP) is 5.86. The van der Waals surface area contributed by atoms with E-state index in [1.807, 2.05) is 0 Å². The molecule has 5 rings (SSSR count). The Morgan fingerprint density at radius 1 is 1.15 bits per heavy atom. The number of hydrogen-bond donors (Lipinski definition) is 1. The van der Waals surface area contributed by atoms with Crippen LogP contribution in [0.1, 0.15) is 51.7 Å². The van der Waals surface area contributed by atoms with Crippen molar-refractivity contribution in [3.8, 4) is 17.1 Å². The minimum Gasteiger partial charge on any atom is -0.487 e. The van der Waals surface area contributed by atoms with Crippen molar-refractivity contribution in [1.29, 1.82) is 0 Å². The summed E-state index contributed by atoms with van der Waals surface area (Å²) in [6.45, 7) is 4.75. The molecule has 1 unspecified atom stereocenters. The number of aryl methyl sites for hydroxylation is 1. The van der Waals surface area contributed by atoms with Gasteiger partial charge in [-0.2, -0.15) is 18.6 Å². The highest BCUT2D eigenvalue weighted by molar-refractivity contribution is 9.09. The second-order valence-corrected chi connectivity index (χ2v) is 12.4. The number of alkyl halides is 4. The monoisotopic (exact) mass is 709 g/mol. The standard InChI is InChI=1S/C29H35BrF3N9O4/c1-17-8-22(38-24(36-17)16-44-14-18(31)9-30)37-23-13-40-12-20(34-11-25(40)39-23)26-21(10-35-42(26)27(32)33)45-15-19-6-5-7-41(19)28(43)46-29(2,3)4/h8,10-13,18-19,27H,5-7,9,14-16H2,1-4H3,(H,36,37,38)/t18?,19-/m1/s1. The molecule has 0 radical (unpaired) electrons. The number of rotatable bonds is 12. The van der Waals surface area contributed by atoms with Gasteiger partial charge in [-0.25, -0.2) is 29.1 Å². The fourth-order valence-electron chi connectivity index (χ4n) is 4.89. The average molecular weight is 711 g/mol. The summed E-state index contributed by atoms with van der Waals surface area (Å²) in [4.78, 5) is 31.9. The number of nitrogens with one attached hydrogen (secondary N) is 1. The molecule has 1 aliphatic rings. The van der Waals surface area contributed by atoms with Crippen molar-refractivity contribution in [3.05, 3.63) is 42.4 Å². The van der Waals surface area contributed by atoms with Crippen molar-refractivity contribution in [2.24, 2.45) is 0 Å². The summed E-state index contributed by atoms with van der Waals surface area (Å²) in [6.07, 6.45) is 5.72. The van der Waals surface area contributed by atoms with Gasteiger partial charge in [0.15, 0.2) is 23.0 Å². The van der Waals surface area contributed by atoms with Gasteiger partial charge in [-0.05, 0) is 40.5 Å². The lowest BCUT2D eigenvalue weighted by molar-refractivity contribution is 0.0187. The average Bonchev–Trinajstić information content (AvgIpc) is 3.72. The molecule has 0 saturated carbocycles. The van der Waals surface area contributed by atoms with Gasteiger partial charge in [-0.15, -0.1) is 0 Å². The van der Waals surface area contributed by atoms with Gasteiger partial charge in [0.05, 0.1) is 31.2 Å². The van der Waals surface area contributed by atoms with Crippen LogP contribution in [0.5, 0.6) is 5.75 Å². The number of anilines is 2. The fraction of sp³-hybridized carbons (Fsp3) is 0.517. The number of likely N-dealkylation sites (tertiary alicyclic amines) is 1. The highest BCUT2D eigenvalue weighted by atomic mass is 79.9. The summed E-state index contributed by atoms with van der Waals surface area (Å²) < 4.78 is 60.6. The van der Waals surface area contributed by atoms with Crippen molar-refractivity contribution in [2.75, 3.05) is 30.4 Å². The van der Waals surface area contributed by atoms with Gasteiger partial charge >= 0.3 is 12.6 Å². The molecule has 0 aliphatic carbocycles. The van der Waals surface area contributed by atoms with Crippen LogP contribution in [0.25, 0.3) is 17.0 Å². The number of hydrogen-bond acceptors (Lipinski definition) is 10. The van der Waals surface area contributed by atoms with E-state index in [1.54, 1.807) is 55.5 Å². The van der Waals surface area contributed by atoms with E-state index in [-0.39, 0.29) is 48.3 Å². The summed E-state index contributed by atoms with van der Waals surface area (Å²) in [7, 11) is 0. The molecule has 17 heteroatoms. The van der Waals surface area contributed by atoms with Gasteiger partial charge in [0, 0.05) is 29.8 Å². The SMILES string of the molecule is Cc1cc(Nc2cn3cc(-c4c(OC[C@H]5CCCN5C(=O)OC(C)(C)C)cnn4C(F)F)ncc3n2)nc(COCC(F)CBr)n1. The van der Waals surface area contributed by atoms with Crippen LogP contribution in [-0.2, 0) is 16.1 Å². The molecule has 13 nitrogen and oxygen atoms in total. The van der Waals surface area contributed by atoms with E-state index in [1.165, 1.54) is 12.4 Å². The third-order valence-electron chi connectivity index (χ3n) is 6.82. The number of aromatic nitrogens is 7. The Labute approximate surface area is 271 Å². The minimum atomic E-state index is -2.95. The molecule has 4 aromatic rings. The van der Waals surface area contributed by atoms with Gasteiger partial charge in [0.2, 0.25) is 0 Å². The molecular formula is C29H35BrF3N9O4. The number of nitrogens with zero attached hydrogens (tertiary/aromatic N) is 8. The maximum Gasteiger partial charge on any atom is 0.410 e. The highest BCUT2D eigenvalue weighted by Crippen LogP contribution is 2.33. The maximum absolute atomic E-state index is 14.0. The Morgan fingerprint density at radius 2 is 1.96 bits per heavy atom. The number of carbonyl (C=O) groups excluding carboxylic acids is 1. The second-order valence-electron chi connectivity index (χ2n) is 11.7. The lowest BCUT2D eigenvalue weighted by atomic mass is 10.2. The quantitative estimate of drug-likeness (QED) is 0.178. The summed E-state index contributed by atoms with van der Waals surface area (Å²) in [5.41, 5.74) is 0.610. The van der Waals surface area contributed by atoms with Crippen LogP contribution in [0, 0.1) is 6.92 Å². The third-order valence-corrected chi connectivity index (χ3v) is 7.52. The summed E-state index contributed by atoms with van der Waals surface area (Å²) >= 11 is 3.07. The number of carbonyl (C=O) groups is 1. The van der Waals surface area contributed by atoms with E-state index in [2.05, 4.69) is 46.3 Å². The number of ether oxygens (including phenoxy) is 3. The Morgan fingerprint density at radius 3 is 2.70 bits per heavy atom. The van der Waals surface area contributed by atoms with E-state index in [0.29, 0.717) is 46.4 Å². The van der Waals surface area contributed by atoms with Crippen molar-refractivity contribution < 1.29 is 32.2 Å². The van der Waals surface area contributed by atoms with Crippen molar-refractivity contribution in [3.63, 3.8) is 0 Å². The van der Waals surface area contributed by atoms with Gasteiger partial charge < -0.3 is 28.8 Å². The van der Waals surface area contributed by atoms with Gasteiger partial charge in [0.25, 0.3) is 0 Å². The summed E-state index contributed by atoms with van der Waals surface area (Å²) in [6, 6.07) is 1.43. The highest BCUT2D eigenvalue weighted by Gasteiger charge is 2.33. The molecule has 0 aromatic carbocycles. The zero-order valence-electron chi connectivity index (χ0n) is 25.8. The molecule has 2 atom stereocenters. The molecule has 1 amide bonds. The lowest BCUT2D eigenvalue weighted by Gasteiger charge is -2.28. The molecule has 5 heterocycles. The molecule has 46 heavy (non-hydrogen) atoms. The zero-order chi connectivity index (χ0) is 33.0. The Bertz CT molecular complexity index is 1660. The first-order valence-electron chi connectivity index (χ1n) is 14.6. The normalized spacial score (nSPS) is 15.9. The number of halogens is 4. The summed E-state index contributed by atoms with van der Waals surface area (Å²) in [5, 5.41) is 7.12. The van der Waals surface area contributed by atoms with E-state index in [9.17, 15) is 18.0 Å². The number of fused-ring (bicyclic) bond motifs is 1. The third kappa shape index (κ3) is 8.23. The first-order valence-corrected chi connectivity index (χ1v) is 15.7. The molecule has 1 saturated heterocycles. The minimum absolute atomic E-state index is 0.0200. The second kappa shape index (κ2) is 14.2.